The molecule has 0 radical (unpaired) electrons. The van der Waals surface area contributed by atoms with Crippen LogP contribution < -0.4 is 0 Å². The Balaban J connectivity index is 2.77. The first-order chi connectivity index (χ1) is 7.94. The fourth-order valence-corrected chi connectivity index (χ4v) is 1.32. The molecule has 0 aliphatic heterocycles. The van der Waals surface area contributed by atoms with Gasteiger partial charge in [-0.25, -0.2) is 4.79 Å². The maximum Gasteiger partial charge on any atom is 0.418 e. The van der Waals surface area contributed by atoms with Gasteiger partial charge in [0.2, 0.25) is 0 Å². The minimum atomic E-state index is -0.517. The lowest BCUT2D eigenvalue weighted by atomic mass is 10.2. The second kappa shape index (κ2) is 5.48. The van der Waals surface area contributed by atoms with Crippen molar-refractivity contribution in [2.45, 2.75) is 32.8 Å². The van der Waals surface area contributed by atoms with Crippen LogP contribution in [0.4, 0.5) is 4.79 Å². The third kappa shape index (κ3) is 4.26. The lowest BCUT2D eigenvalue weighted by molar-refractivity contribution is -0.104. The van der Waals surface area contributed by atoms with Crippen molar-refractivity contribution in [3.05, 3.63) is 36.2 Å². The van der Waals surface area contributed by atoms with E-state index >= 15 is 0 Å². The second-order valence-electron chi connectivity index (χ2n) is 4.62. The zero-order valence-electron chi connectivity index (χ0n) is 10.3. The molecule has 1 aromatic rings. The summed E-state index contributed by atoms with van der Waals surface area (Å²) in [6.07, 6.45) is 5.58. The van der Waals surface area contributed by atoms with Crippen LogP contribution in [0.5, 0.6) is 0 Å². The minimum absolute atomic E-state index is 0.406. The Kier molecular flexibility index (Phi) is 4.26. The van der Waals surface area contributed by atoms with E-state index in [-0.39, 0.29) is 0 Å². The van der Waals surface area contributed by atoms with Crippen LogP contribution >= 0.6 is 0 Å². The van der Waals surface area contributed by atoms with Crippen molar-refractivity contribution in [2.24, 2.45) is 0 Å². The zero-order chi connectivity index (χ0) is 12.9. The molecule has 0 atom stereocenters. The minimum Gasteiger partial charge on any atom is -0.443 e. The number of carbonyl (C=O) groups excluding carboxylic acids is 2. The number of aldehydes is 1. The number of ether oxygens (including phenoxy) is 1. The van der Waals surface area contributed by atoms with Crippen molar-refractivity contribution in [2.75, 3.05) is 0 Å². The number of nitrogens with zero attached hydrogens (tertiary/aromatic N) is 1. The van der Waals surface area contributed by atoms with Crippen LogP contribution in [0.3, 0.4) is 0 Å². The van der Waals surface area contributed by atoms with Crippen LogP contribution in [0.2, 0.25) is 0 Å². The molecule has 0 aliphatic carbocycles. The highest BCUT2D eigenvalue weighted by Gasteiger charge is 2.18. The molecule has 1 rings (SSSR count). The monoisotopic (exact) mass is 235 g/mol. The summed E-state index contributed by atoms with van der Waals surface area (Å²) in [4.78, 5) is 22.0. The first-order valence-corrected chi connectivity index (χ1v) is 5.44. The summed E-state index contributed by atoms with van der Waals surface area (Å²) in [5.74, 6) is 0. The molecule has 1 aromatic heterocycles. The quantitative estimate of drug-likeness (QED) is 0.597. The fourth-order valence-electron chi connectivity index (χ4n) is 1.32. The van der Waals surface area contributed by atoms with Crippen molar-refractivity contribution >= 4 is 12.4 Å². The first-order valence-electron chi connectivity index (χ1n) is 5.44. The molecule has 0 bridgehead atoms. The molecule has 17 heavy (non-hydrogen) atoms. The second-order valence-corrected chi connectivity index (χ2v) is 4.62. The molecule has 4 heteroatoms. The summed E-state index contributed by atoms with van der Waals surface area (Å²) in [5, 5.41) is 0. The molecule has 0 aliphatic rings. The molecule has 0 aromatic carbocycles. The van der Waals surface area contributed by atoms with Crippen molar-refractivity contribution in [1.29, 1.82) is 0 Å². The summed E-state index contributed by atoms with van der Waals surface area (Å²) >= 11 is 0. The number of hydrogen-bond acceptors (Lipinski definition) is 3. The van der Waals surface area contributed by atoms with E-state index in [1.165, 1.54) is 10.6 Å². The third-order valence-corrected chi connectivity index (χ3v) is 1.97. The third-order valence-electron chi connectivity index (χ3n) is 1.97. The van der Waals surface area contributed by atoms with Gasteiger partial charge in [-0.2, -0.15) is 0 Å². The number of carbonyl (C=O) groups is 2. The van der Waals surface area contributed by atoms with Gasteiger partial charge in [0.05, 0.1) is 0 Å². The highest BCUT2D eigenvalue weighted by atomic mass is 16.6. The SMILES string of the molecule is CC(C)(C)OC(=O)n1cccc1C/C=C/C=O. The van der Waals surface area contributed by atoms with Gasteiger partial charge in [0.25, 0.3) is 0 Å². The Bertz CT molecular complexity index is 424. The van der Waals surface area contributed by atoms with Crippen LogP contribution in [0.25, 0.3) is 0 Å². The Morgan fingerprint density at radius 1 is 1.47 bits per heavy atom. The summed E-state index contributed by atoms with van der Waals surface area (Å²) < 4.78 is 6.70. The van der Waals surface area contributed by atoms with Crippen molar-refractivity contribution in [3.63, 3.8) is 0 Å². The highest BCUT2D eigenvalue weighted by molar-refractivity contribution is 5.72. The van der Waals surface area contributed by atoms with Gasteiger partial charge in [-0.15, -0.1) is 0 Å². The maximum absolute atomic E-state index is 11.8. The van der Waals surface area contributed by atoms with Gasteiger partial charge in [0, 0.05) is 18.3 Å². The average Bonchev–Trinajstić information content (AvgIpc) is 2.64. The van der Waals surface area contributed by atoms with Crippen LogP contribution in [0, 0.1) is 0 Å². The number of rotatable bonds is 3. The lowest BCUT2D eigenvalue weighted by Crippen LogP contribution is -2.27. The molecule has 1 heterocycles. The molecule has 0 saturated carbocycles. The van der Waals surface area contributed by atoms with Gasteiger partial charge in [-0.05, 0) is 39.0 Å². The summed E-state index contributed by atoms with van der Waals surface area (Å²) in [5.41, 5.74) is 0.273. The lowest BCUT2D eigenvalue weighted by Gasteiger charge is -2.20. The Labute approximate surface area is 101 Å². The van der Waals surface area contributed by atoms with E-state index in [4.69, 9.17) is 4.74 Å². The van der Waals surface area contributed by atoms with Gasteiger partial charge in [0.1, 0.15) is 11.9 Å². The van der Waals surface area contributed by atoms with E-state index in [2.05, 4.69) is 0 Å². The smallest absolute Gasteiger partial charge is 0.418 e. The Morgan fingerprint density at radius 2 is 2.18 bits per heavy atom. The molecular weight excluding hydrogens is 218 g/mol. The number of allylic oxidation sites excluding steroid dienone is 2. The van der Waals surface area contributed by atoms with Crippen molar-refractivity contribution < 1.29 is 14.3 Å². The number of aromatic nitrogens is 1. The summed E-state index contributed by atoms with van der Waals surface area (Å²) in [7, 11) is 0. The van der Waals surface area contributed by atoms with Gasteiger partial charge >= 0.3 is 6.09 Å². The normalized spacial score (nSPS) is 11.7. The Morgan fingerprint density at radius 3 is 2.76 bits per heavy atom. The van der Waals surface area contributed by atoms with Crippen LogP contribution in [-0.2, 0) is 16.0 Å². The van der Waals surface area contributed by atoms with Gasteiger partial charge in [-0.1, -0.05) is 6.08 Å². The van der Waals surface area contributed by atoms with E-state index in [0.717, 1.165) is 5.69 Å². The summed E-state index contributed by atoms with van der Waals surface area (Å²) in [6, 6.07) is 3.59. The molecule has 0 fully saturated rings. The van der Waals surface area contributed by atoms with E-state index in [9.17, 15) is 9.59 Å². The fraction of sp³-hybridized carbons (Fsp3) is 0.385. The maximum atomic E-state index is 11.8. The molecule has 0 saturated heterocycles. The van der Waals surface area contributed by atoms with E-state index in [1.807, 2.05) is 26.8 Å². The van der Waals surface area contributed by atoms with Crippen molar-refractivity contribution in [3.8, 4) is 0 Å². The molecule has 4 nitrogen and oxygen atoms in total. The molecule has 92 valence electrons. The highest BCUT2D eigenvalue weighted by Crippen LogP contribution is 2.11. The largest absolute Gasteiger partial charge is 0.443 e. The zero-order valence-corrected chi connectivity index (χ0v) is 10.3. The predicted molar refractivity (Wildman–Crippen MR) is 65.0 cm³/mol. The number of hydrogen-bond donors (Lipinski definition) is 0. The molecule has 0 unspecified atom stereocenters. The van der Waals surface area contributed by atoms with Gasteiger partial charge in [-0.3, -0.25) is 9.36 Å². The molecule has 0 spiro atoms. The van der Waals surface area contributed by atoms with Crippen LogP contribution in [0.15, 0.2) is 30.5 Å². The predicted octanol–water partition coefficient (Wildman–Crippen LogP) is 2.57. The van der Waals surface area contributed by atoms with Crippen LogP contribution in [-0.4, -0.2) is 22.5 Å². The molecule has 0 amide bonds. The van der Waals surface area contributed by atoms with Gasteiger partial charge in [0.15, 0.2) is 0 Å². The standard InChI is InChI=1S/C13H17NO3/c1-13(2,3)17-12(16)14-9-6-8-11(14)7-4-5-10-15/h4-6,8-10H,7H2,1-3H3/b5-4+. The van der Waals surface area contributed by atoms with Gasteiger partial charge < -0.3 is 4.74 Å². The average molecular weight is 235 g/mol. The van der Waals surface area contributed by atoms with Crippen molar-refractivity contribution in [1.82, 2.24) is 4.57 Å². The topological polar surface area (TPSA) is 48.3 Å². The summed E-state index contributed by atoms with van der Waals surface area (Å²) in [6.45, 7) is 5.46. The molecular formula is C13H17NO3. The van der Waals surface area contributed by atoms with Crippen LogP contribution in [0.1, 0.15) is 26.5 Å². The van der Waals surface area contributed by atoms with E-state index < -0.39 is 11.7 Å². The molecule has 0 N–H and O–H groups in total. The van der Waals surface area contributed by atoms with E-state index in [1.54, 1.807) is 18.3 Å². The first kappa shape index (κ1) is 13.2. The van der Waals surface area contributed by atoms with E-state index in [0.29, 0.717) is 12.7 Å². The Hall–Kier alpha value is -1.84.